The van der Waals surface area contributed by atoms with Gasteiger partial charge in [-0.15, -0.1) is 0 Å². The lowest BCUT2D eigenvalue weighted by Gasteiger charge is -2.22. The van der Waals surface area contributed by atoms with Crippen LogP contribution in [-0.2, 0) is 6.61 Å². The SMILES string of the molecule is OCc1ccc(OCCC2CC2C2CCNCC2)cc1F. The molecule has 1 heterocycles. The van der Waals surface area contributed by atoms with E-state index >= 15 is 0 Å². The Hall–Kier alpha value is -1.13. The van der Waals surface area contributed by atoms with Crippen molar-refractivity contribution in [1.82, 2.24) is 5.32 Å². The fourth-order valence-electron chi connectivity index (χ4n) is 3.53. The van der Waals surface area contributed by atoms with E-state index in [9.17, 15) is 4.39 Å². The average molecular weight is 293 g/mol. The molecule has 3 nitrogen and oxygen atoms in total. The fraction of sp³-hybridized carbons (Fsp3) is 0.647. The van der Waals surface area contributed by atoms with Crippen molar-refractivity contribution in [1.29, 1.82) is 0 Å². The van der Waals surface area contributed by atoms with Crippen LogP contribution in [0.15, 0.2) is 18.2 Å². The third kappa shape index (κ3) is 3.74. The Bertz CT molecular complexity index is 474. The second-order valence-electron chi connectivity index (χ2n) is 6.30. The van der Waals surface area contributed by atoms with Gasteiger partial charge < -0.3 is 15.2 Å². The van der Waals surface area contributed by atoms with Gasteiger partial charge in [-0.25, -0.2) is 4.39 Å². The van der Waals surface area contributed by atoms with E-state index in [0.29, 0.717) is 17.9 Å². The van der Waals surface area contributed by atoms with Gasteiger partial charge in [0.15, 0.2) is 0 Å². The van der Waals surface area contributed by atoms with Gasteiger partial charge in [0, 0.05) is 11.6 Å². The molecule has 1 saturated carbocycles. The molecule has 1 aliphatic carbocycles. The van der Waals surface area contributed by atoms with Gasteiger partial charge >= 0.3 is 0 Å². The first-order valence-corrected chi connectivity index (χ1v) is 8.00. The highest BCUT2D eigenvalue weighted by Gasteiger charge is 2.42. The zero-order valence-corrected chi connectivity index (χ0v) is 12.4. The van der Waals surface area contributed by atoms with Gasteiger partial charge in [0.2, 0.25) is 0 Å². The van der Waals surface area contributed by atoms with Crippen molar-refractivity contribution < 1.29 is 14.2 Å². The molecule has 2 fully saturated rings. The molecular formula is C17H24FNO2. The van der Waals surface area contributed by atoms with E-state index in [-0.39, 0.29) is 6.61 Å². The number of aliphatic hydroxyl groups excluding tert-OH is 1. The maximum atomic E-state index is 13.5. The number of rotatable bonds is 6. The summed E-state index contributed by atoms with van der Waals surface area (Å²) < 4.78 is 19.1. The Morgan fingerprint density at radius 3 is 2.81 bits per heavy atom. The summed E-state index contributed by atoms with van der Waals surface area (Å²) >= 11 is 0. The molecule has 1 saturated heterocycles. The van der Waals surface area contributed by atoms with Crippen LogP contribution in [0.2, 0.25) is 0 Å². The quantitative estimate of drug-likeness (QED) is 0.847. The Morgan fingerprint density at radius 2 is 2.10 bits per heavy atom. The minimum Gasteiger partial charge on any atom is -0.493 e. The maximum absolute atomic E-state index is 13.5. The van der Waals surface area contributed by atoms with E-state index in [1.807, 2.05) is 0 Å². The lowest BCUT2D eigenvalue weighted by atomic mass is 9.91. The van der Waals surface area contributed by atoms with Crippen LogP contribution in [0.1, 0.15) is 31.2 Å². The Balaban J connectivity index is 1.40. The van der Waals surface area contributed by atoms with Crippen LogP contribution < -0.4 is 10.1 Å². The number of nitrogens with one attached hydrogen (secondary N) is 1. The van der Waals surface area contributed by atoms with E-state index in [0.717, 1.165) is 24.2 Å². The molecule has 0 amide bonds. The molecule has 0 radical (unpaired) electrons. The number of piperidine rings is 1. The number of benzene rings is 1. The Morgan fingerprint density at radius 1 is 1.29 bits per heavy atom. The molecule has 0 bridgehead atoms. The largest absolute Gasteiger partial charge is 0.493 e. The summed E-state index contributed by atoms with van der Waals surface area (Å²) in [5.74, 6) is 2.76. The van der Waals surface area contributed by atoms with Gasteiger partial charge in [0.1, 0.15) is 11.6 Å². The number of ether oxygens (including phenoxy) is 1. The minimum atomic E-state index is -0.394. The van der Waals surface area contributed by atoms with E-state index in [2.05, 4.69) is 5.32 Å². The first-order chi connectivity index (χ1) is 10.3. The number of halogens is 1. The summed E-state index contributed by atoms with van der Waals surface area (Å²) in [6.07, 6.45) is 5.04. The minimum absolute atomic E-state index is 0.272. The normalized spacial score (nSPS) is 25.8. The van der Waals surface area contributed by atoms with Gasteiger partial charge in [0.25, 0.3) is 0 Å². The van der Waals surface area contributed by atoms with Crippen LogP contribution >= 0.6 is 0 Å². The van der Waals surface area contributed by atoms with Crippen molar-refractivity contribution in [2.24, 2.45) is 17.8 Å². The van der Waals surface area contributed by atoms with Gasteiger partial charge in [-0.3, -0.25) is 0 Å². The van der Waals surface area contributed by atoms with Crippen LogP contribution in [0.4, 0.5) is 4.39 Å². The van der Waals surface area contributed by atoms with E-state index in [4.69, 9.17) is 9.84 Å². The number of aliphatic hydroxyl groups is 1. The van der Waals surface area contributed by atoms with Crippen LogP contribution in [0.3, 0.4) is 0 Å². The van der Waals surface area contributed by atoms with E-state index in [1.54, 1.807) is 12.1 Å². The lowest BCUT2D eigenvalue weighted by Crippen LogP contribution is -2.29. The summed E-state index contributed by atoms with van der Waals surface area (Å²) in [5.41, 5.74) is 0.315. The number of hydrogen-bond acceptors (Lipinski definition) is 3. The van der Waals surface area contributed by atoms with Crippen molar-refractivity contribution in [3.63, 3.8) is 0 Å². The molecule has 2 N–H and O–H groups in total. The van der Waals surface area contributed by atoms with Crippen molar-refractivity contribution >= 4 is 0 Å². The van der Waals surface area contributed by atoms with Crippen LogP contribution in [0.25, 0.3) is 0 Å². The predicted molar refractivity (Wildman–Crippen MR) is 79.6 cm³/mol. The van der Waals surface area contributed by atoms with Gasteiger partial charge in [-0.2, -0.15) is 0 Å². The highest BCUT2D eigenvalue weighted by atomic mass is 19.1. The second kappa shape index (κ2) is 6.75. The molecule has 116 valence electrons. The molecule has 2 unspecified atom stereocenters. The van der Waals surface area contributed by atoms with Gasteiger partial charge in [-0.1, -0.05) is 6.07 Å². The summed E-state index contributed by atoms with van der Waals surface area (Å²) in [6.45, 7) is 2.72. The Kier molecular flexibility index (Phi) is 4.76. The second-order valence-corrected chi connectivity index (χ2v) is 6.30. The molecule has 1 aliphatic heterocycles. The van der Waals surface area contributed by atoms with Gasteiger partial charge in [0.05, 0.1) is 13.2 Å². The van der Waals surface area contributed by atoms with Crippen LogP contribution in [0.5, 0.6) is 5.75 Å². The lowest BCUT2D eigenvalue weighted by molar-refractivity contribution is 0.271. The van der Waals surface area contributed by atoms with Crippen LogP contribution in [0, 0.1) is 23.6 Å². The zero-order chi connectivity index (χ0) is 14.7. The van der Waals surface area contributed by atoms with Gasteiger partial charge in [-0.05, 0) is 62.6 Å². The van der Waals surface area contributed by atoms with Crippen molar-refractivity contribution in [3.05, 3.63) is 29.6 Å². The third-order valence-electron chi connectivity index (χ3n) is 4.92. The zero-order valence-electron chi connectivity index (χ0n) is 12.4. The highest BCUT2D eigenvalue weighted by molar-refractivity contribution is 5.28. The standard InChI is InChI=1S/C17H24FNO2/c18-17-10-15(2-1-14(17)11-20)21-8-5-13-9-16(13)12-3-6-19-7-4-12/h1-2,10,12-13,16,19-20H,3-9,11H2. The smallest absolute Gasteiger partial charge is 0.132 e. The van der Waals surface area contributed by atoms with Crippen molar-refractivity contribution in [2.45, 2.75) is 32.3 Å². The van der Waals surface area contributed by atoms with E-state index in [1.165, 1.54) is 38.4 Å². The average Bonchev–Trinajstić information content (AvgIpc) is 3.28. The molecule has 1 aromatic rings. The molecular weight excluding hydrogens is 269 g/mol. The molecule has 4 heteroatoms. The Labute approximate surface area is 125 Å². The van der Waals surface area contributed by atoms with Crippen molar-refractivity contribution in [2.75, 3.05) is 19.7 Å². The fourth-order valence-corrected chi connectivity index (χ4v) is 3.53. The summed E-state index contributed by atoms with van der Waals surface area (Å²) in [6, 6.07) is 4.67. The molecule has 0 spiro atoms. The first-order valence-electron chi connectivity index (χ1n) is 8.00. The van der Waals surface area contributed by atoms with Crippen molar-refractivity contribution in [3.8, 4) is 5.75 Å². The number of hydrogen-bond donors (Lipinski definition) is 2. The maximum Gasteiger partial charge on any atom is 0.132 e. The first kappa shape index (κ1) is 14.8. The molecule has 1 aromatic carbocycles. The summed E-state index contributed by atoms with van der Waals surface area (Å²) in [7, 11) is 0. The van der Waals surface area contributed by atoms with Crippen LogP contribution in [-0.4, -0.2) is 24.8 Å². The summed E-state index contributed by atoms with van der Waals surface area (Å²) in [5, 5.41) is 12.3. The van der Waals surface area contributed by atoms with E-state index < -0.39 is 5.82 Å². The summed E-state index contributed by atoms with van der Waals surface area (Å²) in [4.78, 5) is 0. The molecule has 2 atom stereocenters. The monoisotopic (exact) mass is 293 g/mol. The molecule has 0 aromatic heterocycles. The molecule has 2 aliphatic rings. The topological polar surface area (TPSA) is 41.5 Å². The highest BCUT2D eigenvalue weighted by Crippen LogP contribution is 2.49. The molecule has 21 heavy (non-hydrogen) atoms. The molecule has 3 rings (SSSR count). The third-order valence-corrected chi connectivity index (χ3v) is 4.92. The predicted octanol–water partition coefficient (Wildman–Crippen LogP) is 2.72.